The van der Waals surface area contributed by atoms with Crippen LogP contribution < -0.4 is 0 Å². The minimum absolute atomic E-state index is 0.139. The molecule has 0 aromatic heterocycles. The molecule has 0 aromatic rings. The van der Waals surface area contributed by atoms with E-state index in [1.165, 1.54) is 4.31 Å². The Labute approximate surface area is 116 Å². The van der Waals surface area contributed by atoms with Crippen molar-refractivity contribution in [3.05, 3.63) is 0 Å². The van der Waals surface area contributed by atoms with Gasteiger partial charge in [0, 0.05) is 13.1 Å². The maximum atomic E-state index is 12.7. The predicted molar refractivity (Wildman–Crippen MR) is 73.4 cm³/mol. The Morgan fingerprint density at radius 2 is 1.89 bits per heavy atom. The van der Waals surface area contributed by atoms with E-state index in [2.05, 4.69) is 0 Å². The molecule has 6 heteroatoms. The van der Waals surface area contributed by atoms with Gasteiger partial charge in [0.25, 0.3) is 0 Å². The zero-order chi connectivity index (χ0) is 14.1. The molecule has 112 valence electrons. The largest absolute Gasteiger partial charge is 0.394 e. The molecule has 1 heterocycles. The Balaban J connectivity index is 2.14. The molecule has 2 rings (SSSR count). The smallest absolute Gasteiger partial charge is 0.217 e. The van der Waals surface area contributed by atoms with Crippen molar-refractivity contribution in [3.8, 4) is 0 Å². The second kappa shape index (κ2) is 5.68. The minimum Gasteiger partial charge on any atom is -0.394 e. The molecule has 1 N–H and O–H groups in total. The van der Waals surface area contributed by atoms with Crippen LogP contribution in [-0.4, -0.2) is 54.5 Å². The van der Waals surface area contributed by atoms with E-state index in [1.54, 1.807) is 0 Å². The third-order valence-electron chi connectivity index (χ3n) is 3.99. The van der Waals surface area contributed by atoms with Crippen LogP contribution in [0.4, 0.5) is 0 Å². The molecular weight excluding hydrogens is 266 g/mol. The summed E-state index contributed by atoms with van der Waals surface area (Å²) in [7, 11) is -3.26. The summed E-state index contributed by atoms with van der Waals surface area (Å²) in [4.78, 5) is 0. The van der Waals surface area contributed by atoms with E-state index in [-0.39, 0.29) is 18.4 Å². The Morgan fingerprint density at radius 3 is 2.47 bits per heavy atom. The number of sulfonamides is 1. The topological polar surface area (TPSA) is 66.8 Å². The summed E-state index contributed by atoms with van der Waals surface area (Å²) in [6.07, 6.45) is 4.26. The Hall–Kier alpha value is -0.170. The van der Waals surface area contributed by atoms with Gasteiger partial charge in [0.1, 0.15) is 0 Å². The van der Waals surface area contributed by atoms with Crippen LogP contribution in [0, 0.1) is 0 Å². The molecule has 5 nitrogen and oxygen atoms in total. The van der Waals surface area contributed by atoms with E-state index >= 15 is 0 Å². The van der Waals surface area contributed by atoms with Gasteiger partial charge in [-0.3, -0.25) is 0 Å². The highest BCUT2D eigenvalue weighted by molar-refractivity contribution is 7.89. The van der Waals surface area contributed by atoms with Crippen molar-refractivity contribution in [2.45, 2.75) is 62.9 Å². The first-order valence-electron chi connectivity index (χ1n) is 7.13. The van der Waals surface area contributed by atoms with E-state index in [0.717, 1.165) is 32.1 Å². The maximum absolute atomic E-state index is 12.7. The SMILES string of the molecule is CC1(C)CN(S(=O)(=O)C2CCCCC2)CC(CO)O1. The van der Waals surface area contributed by atoms with Gasteiger partial charge in [-0.2, -0.15) is 4.31 Å². The van der Waals surface area contributed by atoms with Crippen molar-refractivity contribution in [3.63, 3.8) is 0 Å². The van der Waals surface area contributed by atoms with Gasteiger partial charge in [-0.15, -0.1) is 0 Å². The van der Waals surface area contributed by atoms with Crippen LogP contribution in [0.2, 0.25) is 0 Å². The van der Waals surface area contributed by atoms with Crippen molar-refractivity contribution in [1.29, 1.82) is 0 Å². The molecular formula is C13H25NO4S. The van der Waals surface area contributed by atoms with Crippen LogP contribution in [0.25, 0.3) is 0 Å². The monoisotopic (exact) mass is 291 g/mol. The normalized spacial score (nSPS) is 30.4. The Kier molecular flexibility index (Phi) is 4.55. The molecule has 1 atom stereocenters. The Morgan fingerprint density at radius 1 is 1.26 bits per heavy atom. The van der Waals surface area contributed by atoms with Gasteiger partial charge in [-0.1, -0.05) is 19.3 Å². The standard InChI is InChI=1S/C13H25NO4S/c1-13(2)10-14(8-11(9-15)18-13)19(16,17)12-6-4-3-5-7-12/h11-12,15H,3-10H2,1-2H3. The lowest BCUT2D eigenvalue weighted by molar-refractivity contribution is -0.131. The molecule has 0 amide bonds. The van der Waals surface area contributed by atoms with Crippen LogP contribution in [0.5, 0.6) is 0 Å². The summed E-state index contributed by atoms with van der Waals surface area (Å²) in [5.41, 5.74) is -0.534. The fourth-order valence-corrected chi connectivity index (χ4v) is 5.32. The molecule has 2 fully saturated rings. The van der Waals surface area contributed by atoms with Crippen molar-refractivity contribution < 1.29 is 18.3 Å². The quantitative estimate of drug-likeness (QED) is 0.846. The number of morpholine rings is 1. The van der Waals surface area contributed by atoms with Crippen LogP contribution in [0.15, 0.2) is 0 Å². The first kappa shape index (κ1) is 15.2. The lowest BCUT2D eigenvalue weighted by Gasteiger charge is -2.43. The minimum atomic E-state index is -3.26. The van der Waals surface area contributed by atoms with Gasteiger partial charge in [0.15, 0.2) is 0 Å². The highest BCUT2D eigenvalue weighted by atomic mass is 32.2. The highest BCUT2D eigenvalue weighted by Crippen LogP contribution is 2.30. The first-order valence-corrected chi connectivity index (χ1v) is 8.63. The fourth-order valence-electron chi connectivity index (χ4n) is 3.10. The van der Waals surface area contributed by atoms with Crippen molar-refractivity contribution in [2.75, 3.05) is 19.7 Å². The second-order valence-corrected chi connectivity index (χ2v) is 8.49. The number of aliphatic hydroxyl groups is 1. The molecule has 1 aliphatic heterocycles. The average molecular weight is 291 g/mol. The molecule has 0 bridgehead atoms. The number of rotatable bonds is 3. The van der Waals surface area contributed by atoms with Crippen LogP contribution in [0.1, 0.15) is 46.0 Å². The molecule has 1 saturated heterocycles. The predicted octanol–water partition coefficient (Wildman–Crippen LogP) is 1.12. The molecule has 1 saturated carbocycles. The van der Waals surface area contributed by atoms with E-state index in [1.807, 2.05) is 13.8 Å². The second-order valence-electron chi connectivity index (χ2n) is 6.28. The van der Waals surface area contributed by atoms with E-state index in [4.69, 9.17) is 4.74 Å². The van der Waals surface area contributed by atoms with Crippen LogP contribution in [0.3, 0.4) is 0 Å². The van der Waals surface area contributed by atoms with E-state index < -0.39 is 21.7 Å². The molecule has 19 heavy (non-hydrogen) atoms. The van der Waals surface area contributed by atoms with Gasteiger partial charge in [0.2, 0.25) is 10.0 Å². The first-order chi connectivity index (χ1) is 8.85. The van der Waals surface area contributed by atoms with Gasteiger partial charge < -0.3 is 9.84 Å². The molecule has 0 aromatic carbocycles. The van der Waals surface area contributed by atoms with E-state index in [9.17, 15) is 13.5 Å². The summed E-state index contributed by atoms with van der Waals surface area (Å²) in [5.74, 6) is 0. The summed E-state index contributed by atoms with van der Waals surface area (Å²) in [6.45, 7) is 4.26. The number of nitrogens with zero attached hydrogens (tertiary/aromatic N) is 1. The number of aliphatic hydroxyl groups excluding tert-OH is 1. The summed E-state index contributed by atoms with van der Waals surface area (Å²) < 4.78 is 32.6. The van der Waals surface area contributed by atoms with E-state index in [0.29, 0.717) is 6.54 Å². The average Bonchev–Trinajstić information content (AvgIpc) is 2.37. The van der Waals surface area contributed by atoms with Gasteiger partial charge >= 0.3 is 0 Å². The highest BCUT2D eigenvalue weighted by Gasteiger charge is 2.41. The zero-order valence-electron chi connectivity index (χ0n) is 11.8. The van der Waals surface area contributed by atoms with Gasteiger partial charge in [-0.05, 0) is 26.7 Å². The number of hydrogen-bond acceptors (Lipinski definition) is 4. The third kappa shape index (κ3) is 3.48. The zero-order valence-corrected chi connectivity index (χ0v) is 12.7. The maximum Gasteiger partial charge on any atom is 0.217 e. The summed E-state index contributed by atoms with van der Waals surface area (Å²) in [5, 5.41) is 9.03. The molecule has 0 spiro atoms. The molecule has 2 aliphatic rings. The fraction of sp³-hybridized carbons (Fsp3) is 1.00. The van der Waals surface area contributed by atoms with Crippen molar-refractivity contribution in [1.82, 2.24) is 4.31 Å². The third-order valence-corrected chi connectivity index (χ3v) is 6.30. The summed E-state index contributed by atoms with van der Waals surface area (Å²) in [6, 6.07) is 0. The van der Waals surface area contributed by atoms with Crippen molar-refractivity contribution in [2.24, 2.45) is 0 Å². The summed E-state index contributed by atoms with van der Waals surface area (Å²) >= 11 is 0. The molecule has 1 aliphatic carbocycles. The molecule has 1 unspecified atom stereocenters. The van der Waals surface area contributed by atoms with Gasteiger partial charge in [-0.25, -0.2) is 8.42 Å². The number of hydrogen-bond donors (Lipinski definition) is 1. The number of ether oxygens (including phenoxy) is 1. The van der Waals surface area contributed by atoms with Crippen molar-refractivity contribution >= 4 is 10.0 Å². The molecule has 0 radical (unpaired) electrons. The van der Waals surface area contributed by atoms with Gasteiger partial charge in [0.05, 0.1) is 23.6 Å². The lowest BCUT2D eigenvalue weighted by atomic mass is 10.0. The van der Waals surface area contributed by atoms with Crippen LogP contribution >= 0.6 is 0 Å². The van der Waals surface area contributed by atoms with Crippen LogP contribution in [-0.2, 0) is 14.8 Å². The lowest BCUT2D eigenvalue weighted by Crippen LogP contribution is -2.57. The Bertz CT molecular complexity index is 401.